The van der Waals surface area contributed by atoms with Gasteiger partial charge in [-0.1, -0.05) is 0 Å². The van der Waals surface area contributed by atoms with E-state index < -0.39 is 36.7 Å². The number of hydrogen-bond donors (Lipinski definition) is 2. The molecule has 0 unspecified atom stereocenters. The Morgan fingerprint density at radius 1 is 1.71 bits per heavy atom. The average molecular weight is 204 g/mol. The average Bonchev–Trinajstić information content (AvgIpc) is 2.12. The van der Waals surface area contributed by atoms with Gasteiger partial charge in [-0.2, -0.15) is 0 Å². The van der Waals surface area contributed by atoms with Crippen molar-refractivity contribution in [3.8, 4) is 0 Å². The van der Waals surface area contributed by atoms with Gasteiger partial charge in [-0.15, -0.1) is 0 Å². The van der Waals surface area contributed by atoms with Gasteiger partial charge in [0.15, 0.2) is 6.10 Å². The van der Waals surface area contributed by atoms with Crippen LogP contribution >= 0.6 is 0 Å². The van der Waals surface area contributed by atoms with Gasteiger partial charge in [0.2, 0.25) is 5.78 Å². The van der Waals surface area contributed by atoms with Crippen LogP contribution in [0.15, 0.2) is 0 Å². The predicted molar refractivity (Wildman–Crippen MR) is 43.4 cm³/mol. The van der Waals surface area contributed by atoms with Gasteiger partial charge in [-0.25, -0.2) is 0 Å². The summed E-state index contributed by atoms with van der Waals surface area (Å²) < 4.78 is 9.44. The number of Topliss-reactive ketones (excluding diaryl/α,β-unsaturated/α-hetero) is 1. The molecule has 0 bridgehead atoms. The molecule has 0 amide bonds. The van der Waals surface area contributed by atoms with Gasteiger partial charge in [0.25, 0.3) is 0 Å². The molecule has 2 N–H and O–H groups in total. The zero-order valence-corrected chi connectivity index (χ0v) is 7.67. The number of hydrogen-bond acceptors (Lipinski definition) is 6. The molecule has 80 valence electrons. The molecular weight excluding hydrogens is 192 g/mol. The Bertz CT molecular complexity index is 238. The van der Waals surface area contributed by atoms with E-state index in [1.807, 2.05) is 0 Å². The topological polar surface area (TPSA) is 93.1 Å². The van der Waals surface area contributed by atoms with Gasteiger partial charge >= 0.3 is 5.97 Å². The van der Waals surface area contributed by atoms with E-state index >= 15 is 0 Å². The molecule has 0 radical (unpaired) electrons. The van der Waals surface area contributed by atoms with Crippen molar-refractivity contribution in [1.29, 1.82) is 0 Å². The standard InChI is InChI=1S/C8H12O6/c1-4(10)14-8-5(11)3-13-6(2-9)7(8)12/h6-9,12H,2-3H2,1H3/t6-,7-,8-/m1/s1. The fraction of sp³-hybridized carbons (Fsp3) is 0.750. The first-order valence-corrected chi connectivity index (χ1v) is 4.16. The first-order valence-electron chi connectivity index (χ1n) is 4.16. The number of aliphatic hydroxyl groups is 2. The van der Waals surface area contributed by atoms with Crippen molar-refractivity contribution < 1.29 is 29.3 Å². The van der Waals surface area contributed by atoms with Crippen LogP contribution in [0.4, 0.5) is 0 Å². The van der Waals surface area contributed by atoms with E-state index in [9.17, 15) is 14.7 Å². The second-order valence-corrected chi connectivity index (χ2v) is 3.02. The van der Waals surface area contributed by atoms with Crippen LogP contribution in [0.25, 0.3) is 0 Å². The zero-order chi connectivity index (χ0) is 10.7. The highest BCUT2D eigenvalue weighted by Crippen LogP contribution is 2.15. The lowest BCUT2D eigenvalue weighted by atomic mass is 10.0. The van der Waals surface area contributed by atoms with Crippen molar-refractivity contribution in [2.75, 3.05) is 13.2 Å². The van der Waals surface area contributed by atoms with Gasteiger partial charge < -0.3 is 19.7 Å². The van der Waals surface area contributed by atoms with Gasteiger partial charge in [-0.05, 0) is 0 Å². The minimum absolute atomic E-state index is 0.264. The predicted octanol–water partition coefficient (Wildman–Crippen LogP) is -1.76. The van der Waals surface area contributed by atoms with Crippen molar-refractivity contribution in [3.63, 3.8) is 0 Å². The maximum atomic E-state index is 11.2. The highest BCUT2D eigenvalue weighted by atomic mass is 16.6. The fourth-order valence-electron chi connectivity index (χ4n) is 1.23. The number of carbonyl (C=O) groups is 2. The molecule has 6 nitrogen and oxygen atoms in total. The normalized spacial score (nSPS) is 32.8. The summed E-state index contributed by atoms with van der Waals surface area (Å²) in [6.45, 7) is 0.454. The summed E-state index contributed by atoms with van der Waals surface area (Å²) in [7, 11) is 0. The lowest BCUT2D eigenvalue weighted by Crippen LogP contribution is -2.53. The molecule has 1 heterocycles. The Morgan fingerprint density at radius 2 is 2.36 bits per heavy atom. The summed E-state index contributed by atoms with van der Waals surface area (Å²) in [6.07, 6.45) is -3.40. The monoisotopic (exact) mass is 204 g/mol. The fourth-order valence-corrected chi connectivity index (χ4v) is 1.23. The largest absolute Gasteiger partial charge is 0.452 e. The highest BCUT2D eigenvalue weighted by molar-refractivity contribution is 5.87. The van der Waals surface area contributed by atoms with Crippen LogP contribution in [0.3, 0.4) is 0 Å². The number of aliphatic hydroxyl groups excluding tert-OH is 2. The van der Waals surface area contributed by atoms with Gasteiger partial charge in [0.05, 0.1) is 6.61 Å². The molecule has 0 saturated carbocycles. The quantitative estimate of drug-likeness (QED) is 0.517. The van der Waals surface area contributed by atoms with E-state index in [1.165, 1.54) is 0 Å². The van der Waals surface area contributed by atoms with E-state index in [1.54, 1.807) is 0 Å². The molecular formula is C8H12O6. The van der Waals surface area contributed by atoms with Crippen LogP contribution in [0, 0.1) is 0 Å². The molecule has 14 heavy (non-hydrogen) atoms. The lowest BCUT2D eigenvalue weighted by molar-refractivity contribution is -0.185. The molecule has 1 saturated heterocycles. The summed E-state index contributed by atoms with van der Waals surface area (Å²) >= 11 is 0. The van der Waals surface area contributed by atoms with E-state index in [2.05, 4.69) is 4.74 Å². The van der Waals surface area contributed by atoms with Crippen molar-refractivity contribution in [2.45, 2.75) is 25.2 Å². The van der Waals surface area contributed by atoms with Crippen molar-refractivity contribution >= 4 is 11.8 Å². The summed E-state index contributed by atoms with van der Waals surface area (Å²) in [4.78, 5) is 21.8. The third-order valence-electron chi connectivity index (χ3n) is 1.92. The zero-order valence-electron chi connectivity index (χ0n) is 7.67. The first kappa shape index (κ1) is 11.1. The minimum atomic E-state index is -1.30. The van der Waals surface area contributed by atoms with E-state index in [4.69, 9.17) is 9.84 Å². The van der Waals surface area contributed by atoms with E-state index in [0.29, 0.717) is 0 Å². The number of carbonyl (C=O) groups excluding carboxylic acids is 2. The Balaban J connectivity index is 2.68. The summed E-state index contributed by atoms with van der Waals surface area (Å²) in [6, 6.07) is 0. The lowest BCUT2D eigenvalue weighted by Gasteiger charge is -2.31. The summed E-state index contributed by atoms with van der Waals surface area (Å²) in [5, 5.41) is 18.2. The molecule has 0 aromatic carbocycles. The smallest absolute Gasteiger partial charge is 0.303 e. The maximum Gasteiger partial charge on any atom is 0.303 e. The van der Waals surface area contributed by atoms with Crippen molar-refractivity contribution in [2.24, 2.45) is 0 Å². The Morgan fingerprint density at radius 3 is 2.86 bits per heavy atom. The van der Waals surface area contributed by atoms with Gasteiger partial charge in [0, 0.05) is 6.92 Å². The van der Waals surface area contributed by atoms with Crippen molar-refractivity contribution in [3.05, 3.63) is 0 Å². The first-order chi connectivity index (χ1) is 6.56. The highest BCUT2D eigenvalue weighted by Gasteiger charge is 2.40. The number of esters is 1. The minimum Gasteiger partial charge on any atom is -0.452 e. The Labute approximate surface area is 80.4 Å². The number of rotatable bonds is 2. The Hall–Kier alpha value is -0.980. The molecule has 6 heteroatoms. The van der Waals surface area contributed by atoms with Gasteiger partial charge in [-0.3, -0.25) is 9.59 Å². The van der Waals surface area contributed by atoms with Crippen LogP contribution in [0.1, 0.15) is 6.92 Å². The second-order valence-electron chi connectivity index (χ2n) is 3.02. The van der Waals surface area contributed by atoms with Crippen molar-refractivity contribution in [1.82, 2.24) is 0 Å². The second kappa shape index (κ2) is 4.50. The molecule has 0 aromatic rings. The van der Waals surface area contributed by atoms with Gasteiger partial charge in [0.1, 0.15) is 18.8 Å². The SMILES string of the molecule is CC(=O)O[C@@H]1C(=O)CO[C@H](CO)[C@H]1O. The maximum absolute atomic E-state index is 11.2. The van der Waals surface area contributed by atoms with Crippen LogP contribution < -0.4 is 0 Å². The summed E-state index contributed by atoms with van der Waals surface area (Å²) in [5.41, 5.74) is 0. The Kier molecular flexibility index (Phi) is 3.56. The molecule has 1 fully saturated rings. The third-order valence-corrected chi connectivity index (χ3v) is 1.92. The molecule has 0 spiro atoms. The van der Waals surface area contributed by atoms with E-state index in [0.717, 1.165) is 6.92 Å². The molecule has 0 aromatic heterocycles. The molecule has 1 aliphatic heterocycles. The molecule has 3 atom stereocenters. The van der Waals surface area contributed by atoms with E-state index in [-0.39, 0.29) is 6.61 Å². The van der Waals surface area contributed by atoms with Crippen LogP contribution in [0.5, 0.6) is 0 Å². The molecule has 0 aliphatic carbocycles. The third kappa shape index (κ3) is 2.28. The van der Waals surface area contributed by atoms with Crippen LogP contribution in [0.2, 0.25) is 0 Å². The van der Waals surface area contributed by atoms with Crippen LogP contribution in [-0.2, 0) is 19.1 Å². The molecule has 1 rings (SSSR count). The number of ether oxygens (including phenoxy) is 2. The van der Waals surface area contributed by atoms with Crippen LogP contribution in [-0.4, -0.2) is 53.5 Å². The summed E-state index contributed by atoms with van der Waals surface area (Å²) in [5.74, 6) is -1.15. The number of ketones is 1. The molecule has 1 aliphatic rings.